The highest BCUT2D eigenvalue weighted by Crippen LogP contribution is 2.40. The van der Waals surface area contributed by atoms with Crippen LogP contribution in [0.25, 0.3) is 6.08 Å². The third-order valence-electron chi connectivity index (χ3n) is 7.50. The molecule has 10 heteroatoms. The van der Waals surface area contributed by atoms with Crippen molar-refractivity contribution in [2.24, 2.45) is 5.92 Å². The fourth-order valence-electron chi connectivity index (χ4n) is 5.09. The van der Waals surface area contributed by atoms with Crippen molar-refractivity contribution in [2.45, 2.75) is 90.9 Å². The van der Waals surface area contributed by atoms with E-state index in [2.05, 4.69) is 45.6 Å². The van der Waals surface area contributed by atoms with E-state index in [0.717, 1.165) is 17.7 Å². The van der Waals surface area contributed by atoms with Gasteiger partial charge in [-0.25, -0.2) is 4.79 Å². The smallest absolute Gasteiger partial charge is 0.342 e. The Labute approximate surface area is 281 Å². The molecular formula is C36H51ClO8Si. The molecule has 1 unspecified atom stereocenters. The first-order chi connectivity index (χ1) is 21.7. The van der Waals surface area contributed by atoms with Crippen LogP contribution in [-0.4, -0.2) is 65.7 Å². The van der Waals surface area contributed by atoms with Crippen LogP contribution < -0.4 is 14.2 Å². The highest BCUT2D eigenvalue weighted by molar-refractivity contribution is 6.76. The van der Waals surface area contributed by atoms with Gasteiger partial charge in [-0.2, -0.15) is 0 Å². The molecule has 0 saturated carbocycles. The van der Waals surface area contributed by atoms with E-state index in [1.807, 2.05) is 50.3 Å². The van der Waals surface area contributed by atoms with E-state index in [1.54, 1.807) is 13.2 Å². The van der Waals surface area contributed by atoms with E-state index in [-0.39, 0.29) is 29.8 Å². The molecule has 1 saturated heterocycles. The summed E-state index contributed by atoms with van der Waals surface area (Å²) in [5, 5.41) is 0.305. The van der Waals surface area contributed by atoms with E-state index >= 15 is 0 Å². The Bertz CT molecular complexity index is 1350. The average molecular weight is 675 g/mol. The molecule has 2 aromatic rings. The Balaban J connectivity index is 1.70. The summed E-state index contributed by atoms with van der Waals surface area (Å²) < 4.78 is 40.7. The summed E-state index contributed by atoms with van der Waals surface area (Å²) in [6.07, 6.45) is 9.41. The summed E-state index contributed by atoms with van der Waals surface area (Å²) in [4.78, 5) is 13.3. The standard InChI is InChI=1S/C36H51ClO8Si/c1-24(13-11-14-25(2)42-22-26-17-19-27(39-5)20-18-26)34-29(44-36(3,4)45-34)16-12-15-28-32(35(38)43-23-46(8,9)10)30(40-6)21-31(41-7)33(28)37/h11-13,15,17-21,24-25,29,34H,14,16,22-23H2,1-10H3/b13-11-,15-12+/t24?,25-,29-,34-/m1/s1. The van der Waals surface area contributed by atoms with Crippen molar-refractivity contribution in [3.63, 3.8) is 0 Å². The molecule has 2 aromatic carbocycles. The molecule has 0 N–H and O–H groups in total. The summed E-state index contributed by atoms with van der Waals surface area (Å²) in [5.41, 5.74) is 1.84. The molecule has 8 nitrogen and oxygen atoms in total. The zero-order valence-electron chi connectivity index (χ0n) is 29.0. The van der Waals surface area contributed by atoms with Crippen molar-refractivity contribution in [3.8, 4) is 17.2 Å². The summed E-state index contributed by atoms with van der Waals surface area (Å²) >= 11 is 6.74. The van der Waals surface area contributed by atoms with Crippen LogP contribution in [0, 0.1) is 5.92 Å². The van der Waals surface area contributed by atoms with Crippen LogP contribution in [-0.2, 0) is 25.6 Å². The van der Waals surface area contributed by atoms with E-state index in [1.165, 1.54) is 14.2 Å². The largest absolute Gasteiger partial charge is 0.497 e. The fraction of sp³-hybridized carbons (Fsp3) is 0.528. The Morgan fingerprint density at radius 2 is 1.67 bits per heavy atom. The second kappa shape index (κ2) is 16.8. The summed E-state index contributed by atoms with van der Waals surface area (Å²) in [6, 6.07) is 9.50. The Morgan fingerprint density at radius 3 is 2.28 bits per heavy atom. The molecule has 3 rings (SSSR count). The number of rotatable bonds is 16. The van der Waals surface area contributed by atoms with Gasteiger partial charge in [0.1, 0.15) is 22.8 Å². The minimum Gasteiger partial charge on any atom is -0.497 e. The molecule has 1 fully saturated rings. The van der Waals surface area contributed by atoms with Crippen LogP contribution in [0.15, 0.2) is 48.6 Å². The van der Waals surface area contributed by atoms with E-state index in [4.69, 9.17) is 44.8 Å². The predicted molar refractivity (Wildman–Crippen MR) is 186 cm³/mol. The first kappa shape index (κ1) is 37.6. The molecule has 46 heavy (non-hydrogen) atoms. The molecular weight excluding hydrogens is 624 g/mol. The molecule has 0 amide bonds. The van der Waals surface area contributed by atoms with E-state index in [9.17, 15) is 4.79 Å². The lowest BCUT2D eigenvalue weighted by atomic mass is 9.96. The van der Waals surface area contributed by atoms with Crippen molar-refractivity contribution < 1.29 is 38.0 Å². The molecule has 1 aliphatic heterocycles. The van der Waals surface area contributed by atoms with Gasteiger partial charge in [-0.1, -0.05) is 74.6 Å². The van der Waals surface area contributed by atoms with Gasteiger partial charge in [-0.3, -0.25) is 0 Å². The molecule has 1 aliphatic rings. The first-order valence-corrected chi connectivity index (χ1v) is 19.8. The molecule has 0 aromatic heterocycles. The maximum atomic E-state index is 13.3. The minimum atomic E-state index is -1.65. The predicted octanol–water partition coefficient (Wildman–Crippen LogP) is 8.51. The van der Waals surface area contributed by atoms with Crippen molar-refractivity contribution >= 4 is 31.7 Å². The highest BCUT2D eigenvalue weighted by Gasteiger charge is 2.42. The number of methoxy groups -OCH3 is 3. The number of carbonyl (C=O) groups is 1. The lowest BCUT2D eigenvalue weighted by Crippen LogP contribution is -2.30. The van der Waals surface area contributed by atoms with Crippen LogP contribution in [0.1, 0.15) is 62.0 Å². The SMILES string of the molecule is COc1ccc(CO[C@H](C)C/C=C\C(C)[C@H]2OC(C)(C)O[C@@H]2C/C=C/c2c(Cl)c(OC)cc(OC)c2C(=O)OC[Si](C)(C)C)cc1. The maximum absolute atomic E-state index is 13.3. The molecule has 0 spiro atoms. The molecule has 0 bridgehead atoms. The van der Waals surface area contributed by atoms with Gasteiger partial charge in [-0.15, -0.1) is 0 Å². The number of halogens is 1. The number of ether oxygens (including phenoxy) is 7. The van der Waals surface area contributed by atoms with Crippen LogP contribution in [0.5, 0.6) is 17.2 Å². The number of benzene rings is 2. The van der Waals surface area contributed by atoms with Gasteiger partial charge in [0.25, 0.3) is 0 Å². The number of carbonyl (C=O) groups excluding carboxylic acids is 1. The third kappa shape index (κ3) is 10.9. The molecule has 4 atom stereocenters. The zero-order valence-corrected chi connectivity index (χ0v) is 30.7. The van der Waals surface area contributed by atoms with Crippen molar-refractivity contribution in [1.29, 1.82) is 0 Å². The normalized spacial score (nSPS) is 19.4. The molecule has 1 heterocycles. The van der Waals surface area contributed by atoms with Crippen molar-refractivity contribution in [3.05, 3.63) is 70.3 Å². The minimum absolute atomic E-state index is 0.0534. The fourth-order valence-corrected chi connectivity index (χ4v) is 5.95. The van der Waals surface area contributed by atoms with Crippen LogP contribution in [0.3, 0.4) is 0 Å². The third-order valence-corrected chi connectivity index (χ3v) is 8.91. The second-order valence-corrected chi connectivity index (χ2v) is 19.1. The number of esters is 1. The Hall–Kier alpha value is -2.82. The second-order valence-electron chi connectivity index (χ2n) is 13.3. The van der Waals surface area contributed by atoms with Crippen LogP contribution in [0.2, 0.25) is 24.7 Å². The quantitative estimate of drug-likeness (QED) is 0.0996. The average Bonchev–Trinajstić information content (AvgIpc) is 3.33. The van der Waals surface area contributed by atoms with Gasteiger partial charge in [0, 0.05) is 17.5 Å². The lowest BCUT2D eigenvalue weighted by molar-refractivity contribution is -0.148. The Morgan fingerprint density at radius 1 is 1.00 bits per heavy atom. The highest BCUT2D eigenvalue weighted by atomic mass is 35.5. The summed E-state index contributed by atoms with van der Waals surface area (Å²) in [7, 11) is 3.04. The van der Waals surface area contributed by atoms with Gasteiger partial charge >= 0.3 is 5.97 Å². The van der Waals surface area contributed by atoms with Gasteiger partial charge in [0.2, 0.25) is 0 Å². The number of hydrogen-bond donors (Lipinski definition) is 0. The first-order valence-electron chi connectivity index (χ1n) is 15.7. The Kier molecular flexibility index (Phi) is 13.8. The lowest BCUT2D eigenvalue weighted by Gasteiger charge is -2.21. The zero-order chi connectivity index (χ0) is 34.1. The van der Waals surface area contributed by atoms with Gasteiger partial charge in [-0.05, 0) is 51.3 Å². The topological polar surface area (TPSA) is 81.7 Å². The summed E-state index contributed by atoms with van der Waals surface area (Å²) in [6.45, 7) is 15.0. The van der Waals surface area contributed by atoms with Crippen LogP contribution in [0.4, 0.5) is 0 Å². The van der Waals surface area contributed by atoms with Crippen LogP contribution >= 0.6 is 11.6 Å². The van der Waals surface area contributed by atoms with E-state index < -0.39 is 19.8 Å². The molecule has 254 valence electrons. The van der Waals surface area contributed by atoms with E-state index in [0.29, 0.717) is 41.3 Å². The van der Waals surface area contributed by atoms with Crippen molar-refractivity contribution in [1.82, 2.24) is 0 Å². The van der Waals surface area contributed by atoms with Crippen molar-refractivity contribution in [2.75, 3.05) is 27.6 Å². The monoisotopic (exact) mass is 674 g/mol. The summed E-state index contributed by atoms with van der Waals surface area (Å²) in [5.74, 6) is 0.436. The van der Waals surface area contributed by atoms with Gasteiger partial charge in [0.05, 0.1) is 65.6 Å². The van der Waals surface area contributed by atoms with Gasteiger partial charge < -0.3 is 33.2 Å². The van der Waals surface area contributed by atoms with Gasteiger partial charge in [0.15, 0.2) is 5.79 Å². The number of hydrogen-bond acceptors (Lipinski definition) is 8. The molecule has 0 aliphatic carbocycles. The molecule has 0 radical (unpaired) electrons. The maximum Gasteiger partial charge on any atom is 0.342 e.